The molecule has 0 aliphatic carbocycles. The first-order valence-corrected chi connectivity index (χ1v) is 6.23. The Morgan fingerprint density at radius 1 is 1.30 bits per heavy atom. The van der Waals surface area contributed by atoms with E-state index in [-0.39, 0.29) is 49.2 Å². The quantitative estimate of drug-likeness (QED) is 0.788. The topological polar surface area (TPSA) is 67.1 Å². The lowest BCUT2D eigenvalue weighted by Crippen LogP contribution is -2.31. The summed E-state index contributed by atoms with van der Waals surface area (Å²) in [5, 5.41) is 3.29. The lowest BCUT2D eigenvalue weighted by molar-refractivity contribution is 0.308. The van der Waals surface area contributed by atoms with Gasteiger partial charge in [-0.1, -0.05) is 0 Å². The predicted octanol–water partition coefficient (Wildman–Crippen LogP) is 0.744. The maximum absolute atomic E-state index is 6.06. The number of halogens is 3. The lowest BCUT2D eigenvalue weighted by Gasteiger charge is -2.24. The highest BCUT2D eigenvalue weighted by atomic mass is 35.5. The zero-order valence-electron chi connectivity index (χ0n) is 11.4. The Morgan fingerprint density at radius 3 is 2.70 bits per heavy atom. The molecule has 1 aromatic heterocycles. The Balaban J connectivity index is 0.00000120. The fraction of sp³-hybridized carbons (Fsp3) is 0.667. The summed E-state index contributed by atoms with van der Waals surface area (Å²) in [5.74, 6) is 1.20. The molecule has 8 heteroatoms. The highest BCUT2D eigenvalue weighted by molar-refractivity contribution is 5.86. The smallest absolute Gasteiger partial charge is 0.134 e. The van der Waals surface area contributed by atoms with Crippen LogP contribution in [0.25, 0.3) is 0 Å². The van der Waals surface area contributed by atoms with Crippen LogP contribution in [-0.2, 0) is 13.0 Å². The normalized spacial score (nSPS) is 24.9. The molecule has 2 aliphatic heterocycles. The molecule has 0 radical (unpaired) electrons. The van der Waals surface area contributed by atoms with Crippen molar-refractivity contribution in [3.8, 4) is 0 Å². The zero-order valence-corrected chi connectivity index (χ0v) is 13.9. The molecule has 1 fully saturated rings. The summed E-state index contributed by atoms with van der Waals surface area (Å²) in [7, 11) is 2.13. The van der Waals surface area contributed by atoms with Crippen LogP contribution in [0.1, 0.15) is 23.0 Å². The van der Waals surface area contributed by atoms with Crippen LogP contribution in [0, 0.1) is 0 Å². The molecule has 2 aliphatic rings. The van der Waals surface area contributed by atoms with Gasteiger partial charge in [-0.2, -0.15) is 0 Å². The molecule has 116 valence electrons. The van der Waals surface area contributed by atoms with Crippen LogP contribution in [0.5, 0.6) is 0 Å². The molecular formula is C12H22Cl3N5. The van der Waals surface area contributed by atoms with Crippen LogP contribution >= 0.6 is 37.2 Å². The summed E-state index contributed by atoms with van der Waals surface area (Å²) in [6.45, 7) is 3.82. The standard InChI is InChI=1S/C12H19N5.3ClH/c1-17-3-2-11-8(7-17)4-15-12(16-11)9-5-14-6-10(9)13;;;/h4,9-10,14H,2-3,5-7,13H2,1H3;3*1H. The van der Waals surface area contributed by atoms with Crippen LogP contribution in [0.3, 0.4) is 0 Å². The summed E-state index contributed by atoms with van der Waals surface area (Å²) >= 11 is 0. The summed E-state index contributed by atoms with van der Waals surface area (Å²) in [4.78, 5) is 11.5. The molecule has 1 saturated heterocycles. The predicted molar refractivity (Wildman–Crippen MR) is 87.4 cm³/mol. The fourth-order valence-electron chi connectivity index (χ4n) is 2.63. The minimum atomic E-state index is 0. The Morgan fingerprint density at radius 2 is 2.05 bits per heavy atom. The number of nitrogens with zero attached hydrogens (tertiary/aromatic N) is 3. The van der Waals surface area contributed by atoms with Gasteiger partial charge in [-0.3, -0.25) is 0 Å². The summed E-state index contributed by atoms with van der Waals surface area (Å²) in [6, 6.07) is 0.152. The first kappa shape index (κ1) is 19.8. The van der Waals surface area contributed by atoms with Crippen molar-refractivity contribution in [3.05, 3.63) is 23.3 Å². The molecule has 0 saturated carbocycles. The molecule has 2 atom stereocenters. The number of rotatable bonds is 1. The highest BCUT2D eigenvalue weighted by Gasteiger charge is 2.28. The minimum absolute atomic E-state index is 0. The van der Waals surface area contributed by atoms with E-state index < -0.39 is 0 Å². The van der Waals surface area contributed by atoms with E-state index in [1.54, 1.807) is 0 Å². The number of likely N-dealkylation sites (N-methyl/N-ethyl adjacent to an activating group) is 1. The lowest BCUT2D eigenvalue weighted by atomic mass is 10.0. The SMILES string of the molecule is CN1CCc2nc(C3CNCC3N)ncc2C1.Cl.Cl.Cl. The molecule has 2 unspecified atom stereocenters. The molecule has 0 spiro atoms. The van der Waals surface area contributed by atoms with Crippen molar-refractivity contribution in [3.63, 3.8) is 0 Å². The Labute approximate surface area is 138 Å². The Kier molecular flexibility index (Phi) is 8.25. The third-order valence-electron chi connectivity index (χ3n) is 3.74. The number of aromatic nitrogens is 2. The van der Waals surface area contributed by atoms with Gasteiger partial charge in [0.2, 0.25) is 0 Å². The van der Waals surface area contributed by atoms with E-state index in [2.05, 4.69) is 22.2 Å². The van der Waals surface area contributed by atoms with Gasteiger partial charge >= 0.3 is 0 Å². The largest absolute Gasteiger partial charge is 0.326 e. The van der Waals surface area contributed by atoms with Gasteiger partial charge in [-0.15, -0.1) is 37.2 Å². The number of nitrogens with two attached hydrogens (primary N) is 1. The van der Waals surface area contributed by atoms with E-state index in [9.17, 15) is 0 Å². The van der Waals surface area contributed by atoms with Crippen LogP contribution < -0.4 is 11.1 Å². The van der Waals surface area contributed by atoms with E-state index in [1.807, 2.05) is 6.20 Å². The minimum Gasteiger partial charge on any atom is -0.326 e. The summed E-state index contributed by atoms with van der Waals surface area (Å²) < 4.78 is 0. The van der Waals surface area contributed by atoms with Gasteiger partial charge in [0.05, 0.1) is 0 Å². The van der Waals surface area contributed by atoms with Crippen LogP contribution in [0.4, 0.5) is 0 Å². The van der Waals surface area contributed by atoms with Gasteiger partial charge in [0.15, 0.2) is 0 Å². The number of hydrogen-bond donors (Lipinski definition) is 2. The van der Waals surface area contributed by atoms with E-state index in [0.29, 0.717) is 0 Å². The van der Waals surface area contributed by atoms with E-state index in [0.717, 1.165) is 38.4 Å². The van der Waals surface area contributed by atoms with Gasteiger partial charge < -0.3 is 16.0 Å². The maximum atomic E-state index is 6.06. The first-order chi connectivity index (χ1) is 8.24. The second-order valence-corrected chi connectivity index (χ2v) is 5.12. The van der Waals surface area contributed by atoms with Crippen molar-refractivity contribution in [2.75, 3.05) is 26.7 Å². The van der Waals surface area contributed by atoms with Crippen molar-refractivity contribution in [1.82, 2.24) is 20.2 Å². The Hall–Kier alpha value is -0.170. The van der Waals surface area contributed by atoms with Gasteiger partial charge in [0, 0.05) is 62.0 Å². The second-order valence-electron chi connectivity index (χ2n) is 5.12. The monoisotopic (exact) mass is 341 g/mol. The third-order valence-corrected chi connectivity index (χ3v) is 3.74. The summed E-state index contributed by atoms with van der Waals surface area (Å²) in [5.41, 5.74) is 8.54. The third kappa shape index (κ3) is 3.93. The number of fused-ring (bicyclic) bond motifs is 1. The van der Waals surface area contributed by atoms with Crippen LogP contribution in [0.15, 0.2) is 6.20 Å². The van der Waals surface area contributed by atoms with E-state index >= 15 is 0 Å². The average Bonchev–Trinajstić information content (AvgIpc) is 2.75. The molecule has 0 aromatic carbocycles. The molecule has 1 aromatic rings. The second kappa shape index (κ2) is 8.32. The van der Waals surface area contributed by atoms with Crippen molar-refractivity contribution in [1.29, 1.82) is 0 Å². The van der Waals surface area contributed by atoms with Crippen molar-refractivity contribution < 1.29 is 0 Å². The number of hydrogen-bond acceptors (Lipinski definition) is 5. The van der Waals surface area contributed by atoms with Gasteiger partial charge in [0.1, 0.15) is 5.82 Å². The van der Waals surface area contributed by atoms with Gasteiger partial charge in [0.25, 0.3) is 0 Å². The number of nitrogens with one attached hydrogen (secondary N) is 1. The van der Waals surface area contributed by atoms with E-state index in [4.69, 9.17) is 10.7 Å². The van der Waals surface area contributed by atoms with Crippen molar-refractivity contribution >= 4 is 37.2 Å². The van der Waals surface area contributed by atoms with Gasteiger partial charge in [-0.25, -0.2) is 9.97 Å². The molecule has 0 amide bonds. The first-order valence-electron chi connectivity index (χ1n) is 6.23. The molecule has 3 N–H and O–H groups in total. The molecule has 5 nitrogen and oxygen atoms in total. The van der Waals surface area contributed by atoms with Gasteiger partial charge in [-0.05, 0) is 7.05 Å². The zero-order chi connectivity index (χ0) is 11.8. The highest BCUT2D eigenvalue weighted by Crippen LogP contribution is 2.21. The van der Waals surface area contributed by atoms with E-state index in [1.165, 1.54) is 11.3 Å². The van der Waals surface area contributed by atoms with Crippen molar-refractivity contribution in [2.45, 2.75) is 24.9 Å². The van der Waals surface area contributed by atoms with Crippen LogP contribution in [-0.4, -0.2) is 47.6 Å². The molecule has 0 bridgehead atoms. The molecule has 3 heterocycles. The summed E-state index contributed by atoms with van der Waals surface area (Å²) in [6.07, 6.45) is 3.01. The molecule has 20 heavy (non-hydrogen) atoms. The molecular weight excluding hydrogens is 321 g/mol. The van der Waals surface area contributed by atoms with Crippen molar-refractivity contribution in [2.24, 2.45) is 5.73 Å². The molecule has 3 rings (SSSR count). The maximum Gasteiger partial charge on any atom is 0.134 e. The average molecular weight is 343 g/mol. The van der Waals surface area contributed by atoms with Crippen LogP contribution in [0.2, 0.25) is 0 Å². The Bertz CT molecular complexity index is 432. The fourth-order valence-corrected chi connectivity index (χ4v) is 2.63.